The zero-order valence-electron chi connectivity index (χ0n) is 12.0. The van der Waals surface area contributed by atoms with E-state index >= 15 is 0 Å². The van der Waals surface area contributed by atoms with Gasteiger partial charge in [0, 0.05) is 20.3 Å². The van der Waals surface area contributed by atoms with Crippen LogP contribution in [0.5, 0.6) is 0 Å². The monoisotopic (exact) mass is 357 g/mol. The van der Waals surface area contributed by atoms with Gasteiger partial charge in [-0.15, -0.1) is 11.8 Å². The van der Waals surface area contributed by atoms with E-state index in [1.807, 2.05) is 50.7 Å². The number of rotatable bonds is 3. The number of halogens is 1. The molecule has 110 valence electrons. The molecule has 0 unspecified atom stereocenters. The van der Waals surface area contributed by atoms with Crippen LogP contribution in [0.25, 0.3) is 0 Å². The lowest BCUT2D eigenvalue weighted by Crippen LogP contribution is -2.27. The van der Waals surface area contributed by atoms with Gasteiger partial charge in [0.1, 0.15) is 5.60 Å². The van der Waals surface area contributed by atoms with Gasteiger partial charge in [0.15, 0.2) is 0 Å². The molecule has 0 atom stereocenters. The van der Waals surface area contributed by atoms with Gasteiger partial charge in [-0.3, -0.25) is 5.32 Å². The Morgan fingerprint density at radius 3 is 2.65 bits per heavy atom. The minimum absolute atomic E-state index is 0.417. The molecule has 1 fully saturated rings. The molecular weight excluding hydrogens is 338 g/mol. The number of thioether (sulfide) groups is 1. The van der Waals surface area contributed by atoms with Gasteiger partial charge in [0.2, 0.25) is 0 Å². The summed E-state index contributed by atoms with van der Waals surface area (Å²) in [5.74, 6) is 0. The fourth-order valence-electron chi connectivity index (χ4n) is 1.76. The molecule has 0 spiro atoms. The topological polar surface area (TPSA) is 38.3 Å². The second-order valence-corrected chi connectivity index (χ2v) is 8.14. The molecular formula is C15H20BrNO2S. The first-order valence-corrected chi connectivity index (χ1v) is 8.47. The number of ether oxygens (including phenoxy) is 1. The predicted octanol–water partition coefficient (Wildman–Crippen LogP) is 5.44. The number of amides is 1. The van der Waals surface area contributed by atoms with Crippen LogP contribution in [0.4, 0.5) is 10.5 Å². The van der Waals surface area contributed by atoms with Crippen LogP contribution in [0.3, 0.4) is 0 Å². The first-order valence-electron chi connectivity index (χ1n) is 6.80. The number of carbonyl (C=O) groups excluding carboxylic acids is 1. The number of anilines is 1. The van der Waals surface area contributed by atoms with Crippen LogP contribution < -0.4 is 5.32 Å². The quantitative estimate of drug-likeness (QED) is 0.782. The van der Waals surface area contributed by atoms with Crippen molar-refractivity contribution < 1.29 is 9.53 Å². The Morgan fingerprint density at radius 2 is 2.10 bits per heavy atom. The van der Waals surface area contributed by atoms with Crippen molar-refractivity contribution in [2.24, 2.45) is 0 Å². The van der Waals surface area contributed by atoms with Gasteiger partial charge in [-0.25, -0.2) is 4.79 Å². The number of hydrogen-bond donors (Lipinski definition) is 1. The minimum Gasteiger partial charge on any atom is -0.444 e. The van der Waals surface area contributed by atoms with Crippen LogP contribution in [0, 0.1) is 0 Å². The molecule has 0 aromatic heterocycles. The fraction of sp³-hybridized carbons (Fsp3) is 0.533. The normalized spacial score (nSPS) is 15.6. The minimum atomic E-state index is -0.483. The molecule has 1 amide bonds. The van der Waals surface area contributed by atoms with E-state index in [9.17, 15) is 4.79 Å². The van der Waals surface area contributed by atoms with E-state index in [1.165, 1.54) is 24.2 Å². The van der Waals surface area contributed by atoms with E-state index in [0.717, 1.165) is 10.2 Å². The standard InChI is InChI=1S/C15H20BrNO2S/c1-15(2,3)19-14(18)17-10-7-8-12(16)13(9-10)20-11-5-4-6-11/h7-9,11H,4-6H2,1-3H3,(H,17,18). The summed E-state index contributed by atoms with van der Waals surface area (Å²) in [5.41, 5.74) is 0.285. The van der Waals surface area contributed by atoms with Crippen molar-refractivity contribution in [1.82, 2.24) is 0 Å². The Balaban J connectivity index is 2.01. The molecule has 0 saturated heterocycles. The van der Waals surface area contributed by atoms with Gasteiger partial charge >= 0.3 is 6.09 Å². The molecule has 0 heterocycles. The highest BCUT2D eigenvalue weighted by Gasteiger charge is 2.20. The summed E-state index contributed by atoms with van der Waals surface area (Å²) in [7, 11) is 0. The van der Waals surface area contributed by atoms with Crippen molar-refractivity contribution in [3.63, 3.8) is 0 Å². The summed E-state index contributed by atoms with van der Waals surface area (Å²) in [5, 5.41) is 3.49. The Hall–Kier alpha value is -0.680. The summed E-state index contributed by atoms with van der Waals surface area (Å²) in [4.78, 5) is 12.9. The van der Waals surface area contributed by atoms with Crippen LogP contribution >= 0.6 is 27.7 Å². The van der Waals surface area contributed by atoms with Gasteiger partial charge in [-0.05, 0) is 67.7 Å². The average Bonchev–Trinajstić information content (AvgIpc) is 2.24. The number of benzene rings is 1. The molecule has 1 saturated carbocycles. The smallest absolute Gasteiger partial charge is 0.412 e. The third kappa shape index (κ3) is 4.70. The highest BCUT2D eigenvalue weighted by molar-refractivity contribution is 9.10. The van der Waals surface area contributed by atoms with Crippen LogP contribution in [0.1, 0.15) is 40.0 Å². The van der Waals surface area contributed by atoms with E-state index in [2.05, 4.69) is 21.2 Å². The summed E-state index contributed by atoms with van der Waals surface area (Å²) >= 11 is 5.43. The van der Waals surface area contributed by atoms with Crippen molar-refractivity contribution in [1.29, 1.82) is 0 Å². The maximum absolute atomic E-state index is 11.8. The fourth-order valence-corrected chi connectivity index (χ4v) is 3.59. The predicted molar refractivity (Wildman–Crippen MR) is 87.5 cm³/mol. The lowest BCUT2D eigenvalue weighted by molar-refractivity contribution is 0.0636. The molecule has 1 aliphatic rings. The average molecular weight is 358 g/mol. The Kier molecular flexibility index (Phi) is 5.02. The van der Waals surface area contributed by atoms with Crippen LogP contribution in [0.2, 0.25) is 0 Å². The maximum Gasteiger partial charge on any atom is 0.412 e. The second-order valence-electron chi connectivity index (χ2n) is 5.94. The lowest BCUT2D eigenvalue weighted by atomic mass is 10.0. The van der Waals surface area contributed by atoms with E-state index in [-0.39, 0.29) is 0 Å². The highest BCUT2D eigenvalue weighted by Crippen LogP contribution is 2.40. The van der Waals surface area contributed by atoms with E-state index in [1.54, 1.807) is 0 Å². The number of hydrogen-bond acceptors (Lipinski definition) is 3. The molecule has 2 rings (SSSR count). The molecule has 0 radical (unpaired) electrons. The zero-order valence-corrected chi connectivity index (χ0v) is 14.4. The third-order valence-corrected chi connectivity index (χ3v) is 5.27. The molecule has 0 aliphatic heterocycles. The molecule has 5 heteroatoms. The van der Waals surface area contributed by atoms with Crippen molar-refractivity contribution in [2.45, 2.75) is 55.8 Å². The van der Waals surface area contributed by atoms with Crippen LogP contribution in [-0.4, -0.2) is 16.9 Å². The van der Waals surface area contributed by atoms with Gasteiger partial charge < -0.3 is 4.74 Å². The van der Waals surface area contributed by atoms with Gasteiger partial charge in [0.25, 0.3) is 0 Å². The highest BCUT2D eigenvalue weighted by atomic mass is 79.9. The third-order valence-electron chi connectivity index (χ3n) is 2.92. The summed E-state index contributed by atoms with van der Waals surface area (Å²) in [6.07, 6.45) is 3.46. The summed E-state index contributed by atoms with van der Waals surface area (Å²) < 4.78 is 6.33. The molecule has 0 bridgehead atoms. The SMILES string of the molecule is CC(C)(C)OC(=O)Nc1ccc(Br)c(SC2CCC2)c1. The molecule has 1 aromatic rings. The lowest BCUT2D eigenvalue weighted by Gasteiger charge is -2.25. The molecule has 1 N–H and O–H groups in total. The van der Waals surface area contributed by atoms with Gasteiger partial charge in [-0.1, -0.05) is 6.42 Å². The van der Waals surface area contributed by atoms with Crippen molar-refractivity contribution in [3.05, 3.63) is 22.7 Å². The van der Waals surface area contributed by atoms with E-state index < -0.39 is 11.7 Å². The van der Waals surface area contributed by atoms with Gasteiger partial charge in [-0.2, -0.15) is 0 Å². The van der Waals surface area contributed by atoms with Gasteiger partial charge in [0.05, 0.1) is 0 Å². The molecule has 1 aromatic carbocycles. The number of carbonyl (C=O) groups is 1. The van der Waals surface area contributed by atoms with Crippen molar-refractivity contribution >= 4 is 39.5 Å². The summed E-state index contributed by atoms with van der Waals surface area (Å²) in [6.45, 7) is 5.56. The van der Waals surface area contributed by atoms with Crippen molar-refractivity contribution in [3.8, 4) is 0 Å². The van der Waals surface area contributed by atoms with E-state index in [4.69, 9.17) is 4.74 Å². The van der Waals surface area contributed by atoms with Crippen molar-refractivity contribution in [2.75, 3.05) is 5.32 Å². The van der Waals surface area contributed by atoms with Crippen LogP contribution in [-0.2, 0) is 4.74 Å². The summed E-state index contributed by atoms with van der Waals surface area (Å²) in [6, 6.07) is 5.84. The zero-order chi connectivity index (χ0) is 14.8. The molecule has 3 nitrogen and oxygen atoms in total. The second kappa shape index (κ2) is 6.39. The largest absolute Gasteiger partial charge is 0.444 e. The Bertz CT molecular complexity index is 495. The Labute approximate surface area is 133 Å². The van der Waals surface area contributed by atoms with E-state index in [0.29, 0.717) is 5.25 Å². The van der Waals surface area contributed by atoms with Crippen LogP contribution in [0.15, 0.2) is 27.6 Å². The Morgan fingerprint density at radius 1 is 1.40 bits per heavy atom. The molecule has 20 heavy (non-hydrogen) atoms. The first kappa shape index (κ1) is 15.7. The number of nitrogens with one attached hydrogen (secondary N) is 1. The first-order chi connectivity index (χ1) is 9.33. The molecule has 1 aliphatic carbocycles. The maximum atomic E-state index is 11.8.